The minimum absolute atomic E-state index is 0.0210. The zero-order valence-electron chi connectivity index (χ0n) is 14.5. The topological polar surface area (TPSA) is 94.9 Å². The highest BCUT2D eigenvalue weighted by atomic mass is 16.4. The van der Waals surface area contributed by atoms with E-state index >= 15 is 0 Å². The van der Waals surface area contributed by atoms with Crippen molar-refractivity contribution in [1.82, 2.24) is 4.90 Å². The average molecular weight is 365 g/mol. The van der Waals surface area contributed by atoms with Gasteiger partial charge in [0.05, 0.1) is 11.6 Å². The van der Waals surface area contributed by atoms with E-state index < -0.39 is 23.7 Å². The fourth-order valence-electron chi connectivity index (χ4n) is 3.24. The van der Waals surface area contributed by atoms with E-state index in [0.29, 0.717) is 11.1 Å². The van der Waals surface area contributed by atoms with Crippen molar-refractivity contribution in [1.29, 1.82) is 0 Å². The number of amides is 1. The van der Waals surface area contributed by atoms with Crippen LogP contribution in [0.1, 0.15) is 30.0 Å². The maximum atomic E-state index is 12.7. The summed E-state index contributed by atoms with van der Waals surface area (Å²) in [5.41, 5.74) is 1.15. The van der Waals surface area contributed by atoms with Crippen LogP contribution in [-0.4, -0.2) is 39.3 Å². The van der Waals surface area contributed by atoms with Crippen LogP contribution in [0, 0.1) is 0 Å². The van der Waals surface area contributed by atoms with Gasteiger partial charge in [0.2, 0.25) is 0 Å². The van der Waals surface area contributed by atoms with Crippen molar-refractivity contribution in [2.75, 3.05) is 6.54 Å². The van der Waals surface area contributed by atoms with Crippen LogP contribution in [0.3, 0.4) is 0 Å². The summed E-state index contributed by atoms with van der Waals surface area (Å²) >= 11 is 0. The molecule has 1 aliphatic heterocycles. The van der Waals surface area contributed by atoms with E-state index in [4.69, 9.17) is 5.11 Å². The normalized spacial score (nSPS) is 18.7. The zero-order chi connectivity index (χ0) is 19.4. The summed E-state index contributed by atoms with van der Waals surface area (Å²) in [6.45, 7) is 0.113. The predicted octanol–water partition coefficient (Wildman–Crippen LogP) is 2.97. The Bertz CT molecular complexity index is 889. The van der Waals surface area contributed by atoms with Crippen molar-refractivity contribution < 1.29 is 24.6 Å². The number of hydrogen-bond acceptors (Lipinski definition) is 4. The first-order chi connectivity index (χ1) is 13.0. The van der Waals surface area contributed by atoms with Crippen molar-refractivity contribution in [2.24, 2.45) is 0 Å². The van der Waals surface area contributed by atoms with Gasteiger partial charge in [-0.3, -0.25) is 14.4 Å². The SMILES string of the molecule is O=C(O)CCCN1C(=O)C(=O)/C(=C(\O)c2ccccc2)C1c1ccccc1. The fourth-order valence-corrected chi connectivity index (χ4v) is 3.24. The third kappa shape index (κ3) is 3.74. The Balaban J connectivity index is 2.07. The van der Waals surface area contributed by atoms with Crippen LogP contribution >= 0.6 is 0 Å². The monoisotopic (exact) mass is 365 g/mol. The largest absolute Gasteiger partial charge is 0.507 e. The number of carboxylic acid groups (broad SMARTS) is 1. The Morgan fingerprint density at radius 2 is 1.52 bits per heavy atom. The molecule has 0 saturated carbocycles. The highest BCUT2D eigenvalue weighted by Crippen LogP contribution is 2.39. The molecule has 2 aromatic carbocycles. The molecular weight excluding hydrogens is 346 g/mol. The number of hydrogen-bond donors (Lipinski definition) is 2. The van der Waals surface area contributed by atoms with Crippen LogP contribution in [0.4, 0.5) is 0 Å². The molecule has 2 N–H and O–H groups in total. The molecule has 1 unspecified atom stereocenters. The highest BCUT2D eigenvalue weighted by Gasteiger charge is 2.45. The molecule has 0 radical (unpaired) electrons. The molecule has 1 fully saturated rings. The van der Waals surface area contributed by atoms with Gasteiger partial charge in [0.1, 0.15) is 5.76 Å². The highest BCUT2D eigenvalue weighted by molar-refractivity contribution is 6.46. The second kappa shape index (κ2) is 7.86. The number of aliphatic carboxylic acids is 1. The summed E-state index contributed by atoms with van der Waals surface area (Å²) in [6.07, 6.45) is 0.111. The number of nitrogens with zero attached hydrogens (tertiary/aromatic N) is 1. The molecule has 3 rings (SSSR count). The van der Waals surface area contributed by atoms with Crippen LogP contribution in [0.5, 0.6) is 0 Å². The lowest BCUT2D eigenvalue weighted by molar-refractivity contribution is -0.140. The maximum absolute atomic E-state index is 12.7. The van der Waals surface area contributed by atoms with Crippen LogP contribution in [0.25, 0.3) is 5.76 Å². The van der Waals surface area contributed by atoms with E-state index in [9.17, 15) is 19.5 Å². The van der Waals surface area contributed by atoms with Gasteiger partial charge in [0.25, 0.3) is 11.7 Å². The van der Waals surface area contributed by atoms with Gasteiger partial charge in [-0.25, -0.2) is 0 Å². The smallest absolute Gasteiger partial charge is 0.303 e. The van der Waals surface area contributed by atoms with E-state index in [1.54, 1.807) is 54.6 Å². The van der Waals surface area contributed by atoms with Gasteiger partial charge in [-0.15, -0.1) is 0 Å². The molecule has 1 atom stereocenters. The van der Waals surface area contributed by atoms with Gasteiger partial charge in [0, 0.05) is 18.5 Å². The van der Waals surface area contributed by atoms with Gasteiger partial charge in [0.15, 0.2) is 0 Å². The molecule has 138 valence electrons. The lowest BCUT2D eigenvalue weighted by atomic mass is 9.95. The maximum Gasteiger partial charge on any atom is 0.303 e. The summed E-state index contributed by atoms with van der Waals surface area (Å²) in [5, 5.41) is 19.6. The van der Waals surface area contributed by atoms with Gasteiger partial charge in [-0.1, -0.05) is 60.7 Å². The number of Topliss-reactive ketones (excluding diaryl/α,β-unsaturated/α-hetero) is 1. The van der Waals surface area contributed by atoms with E-state index in [2.05, 4.69) is 0 Å². The van der Waals surface area contributed by atoms with Crippen LogP contribution in [0.15, 0.2) is 66.2 Å². The number of carbonyl (C=O) groups excluding carboxylic acids is 2. The number of aliphatic hydroxyl groups excluding tert-OH is 1. The third-order valence-electron chi connectivity index (χ3n) is 4.49. The van der Waals surface area contributed by atoms with Gasteiger partial charge in [-0.2, -0.15) is 0 Å². The van der Waals surface area contributed by atoms with E-state index in [1.165, 1.54) is 4.90 Å². The van der Waals surface area contributed by atoms with Crippen LogP contribution < -0.4 is 0 Å². The number of carboxylic acids is 1. The molecule has 0 bridgehead atoms. The van der Waals surface area contributed by atoms with Gasteiger partial charge >= 0.3 is 5.97 Å². The molecule has 1 saturated heterocycles. The Hall–Kier alpha value is -3.41. The van der Waals surface area contributed by atoms with Gasteiger partial charge < -0.3 is 15.1 Å². The molecule has 27 heavy (non-hydrogen) atoms. The second-order valence-corrected chi connectivity index (χ2v) is 6.27. The standard InChI is InChI=1S/C21H19NO5/c23-16(24)12-7-13-22-18(14-8-3-1-4-9-14)17(20(26)21(22)27)19(25)15-10-5-2-6-11-15/h1-6,8-11,18,25H,7,12-13H2,(H,23,24)/b19-17-. The van der Waals surface area contributed by atoms with Crippen molar-refractivity contribution >= 4 is 23.4 Å². The van der Waals surface area contributed by atoms with Crippen molar-refractivity contribution in [3.8, 4) is 0 Å². The lowest BCUT2D eigenvalue weighted by Crippen LogP contribution is -2.31. The lowest BCUT2D eigenvalue weighted by Gasteiger charge is -2.25. The molecule has 6 heteroatoms. The first-order valence-corrected chi connectivity index (χ1v) is 8.61. The Morgan fingerprint density at radius 3 is 2.11 bits per heavy atom. The number of benzene rings is 2. The fraction of sp³-hybridized carbons (Fsp3) is 0.190. The molecule has 0 spiro atoms. The summed E-state index contributed by atoms with van der Waals surface area (Å²) in [6, 6.07) is 16.8. The first-order valence-electron chi connectivity index (χ1n) is 8.61. The van der Waals surface area contributed by atoms with Crippen LogP contribution in [0.2, 0.25) is 0 Å². The zero-order valence-corrected chi connectivity index (χ0v) is 14.5. The number of rotatable bonds is 6. The minimum Gasteiger partial charge on any atom is -0.507 e. The van der Waals surface area contributed by atoms with E-state index in [1.807, 2.05) is 6.07 Å². The molecule has 6 nitrogen and oxygen atoms in total. The number of likely N-dealkylation sites (tertiary alicyclic amines) is 1. The molecule has 0 aliphatic carbocycles. The average Bonchev–Trinajstić information content (AvgIpc) is 2.93. The summed E-state index contributed by atoms with van der Waals surface area (Å²) in [7, 11) is 0. The summed E-state index contributed by atoms with van der Waals surface area (Å²) < 4.78 is 0. The molecule has 1 heterocycles. The second-order valence-electron chi connectivity index (χ2n) is 6.27. The first kappa shape index (κ1) is 18.4. The molecule has 0 aromatic heterocycles. The molecule has 2 aromatic rings. The quantitative estimate of drug-likeness (QED) is 0.466. The van der Waals surface area contributed by atoms with Gasteiger partial charge in [-0.05, 0) is 12.0 Å². The minimum atomic E-state index is -0.966. The van der Waals surface area contributed by atoms with Crippen LogP contribution in [-0.2, 0) is 14.4 Å². The summed E-state index contributed by atoms with van der Waals surface area (Å²) in [5.74, 6) is -2.69. The van der Waals surface area contributed by atoms with Crippen molar-refractivity contribution in [3.63, 3.8) is 0 Å². The molecular formula is C21H19NO5. The van der Waals surface area contributed by atoms with E-state index in [0.717, 1.165) is 0 Å². The molecule has 1 amide bonds. The number of carbonyl (C=O) groups is 3. The molecule has 1 aliphatic rings. The number of ketones is 1. The van der Waals surface area contributed by atoms with E-state index in [-0.39, 0.29) is 30.7 Å². The Kier molecular flexibility index (Phi) is 5.35. The predicted molar refractivity (Wildman–Crippen MR) is 98.8 cm³/mol. The Labute approximate surface area is 156 Å². The third-order valence-corrected chi connectivity index (χ3v) is 4.49. The number of aliphatic hydroxyl groups is 1. The Morgan fingerprint density at radius 1 is 0.926 bits per heavy atom. The summed E-state index contributed by atoms with van der Waals surface area (Å²) in [4.78, 5) is 37.4. The van der Waals surface area contributed by atoms with Crippen molar-refractivity contribution in [3.05, 3.63) is 77.4 Å². The van der Waals surface area contributed by atoms with Crippen molar-refractivity contribution in [2.45, 2.75) is 18.9 Å².